The van der Waals surface area contributed by atoms with Crippen LogP contribution in [-0.4, -0.2) is 78.2 Å². The van der Waals surface area contributed by atoms with Crippen LogP contribution in [0, 0.1) is 0 Å². The lowest BCUT2D eigenvalue weighted by Gasteiger charge is -2.52. The van der Waals surface area contributed by atoms with Crippen LogP contribution in [-0.2, 0) is 14.3 Å². The van der Waals surface area contributed by atoms with E-state index in [-0.39, 0.29) is 28.7 Å². The fraction of sp³-hybridized carbons (Fsp3) is 0.500. The van der Waals surface area contributed by atoms with Gasteiger partial charge in [-0.05, 0) is 13.8 Å². The molecule has 1 saturated heterocycles. The van der Waals surface area contributed by atoms with Crippen LogP contribution >= 0.6 is 0 Å². The first-order chi connectivity index (χ1) is 15.4. The van der Waals surface area contributed by atoms with Gasteiger partial charge in [-0.2, -0.15) is 0 Å². The Hall–Kier alpha value is -2.83. The summed E-state index contributed by atoms with van der Waals surface area (Å²) in [6.07, 6.45) is -8.21. The number of phenolic OH excluding ortho intramolecular Hbond substituents is 2. The predicted molar refractivity (Wildman–Crippen MR) is 106 cm³/mol. The summed E-state index contributed by atoms with van der Waals surface area (Å²) in [6, 6.07) is 0. The number of aromatic hydroxyl groups is 2. The largest absolute Gasteiger partial charge is 0.507 e. The summed E-state index contributed by atoms with van der Waals surface area (Å²) in [4.78, 5) is 38.2. The van der Waals surface area contributed by atoms with Crippen LogP contribution in [0.3, 0.4) is 0 Å². The summed E-state index contributed by atoms with van der Waals surface area (Å²) in [5, 5.41) is 63.6. The highest BCUT2D eigenvalue weighted by molar-refractivity contribution is 6.30. The zero-order valence-corrected chi connectivity index (χ0v) is 17.6. The number of Topliss-reactive ketones (excluding diaryl/α,β-unsaturated/α-hetero) is 2. The van der Waals surface area contributed by atoms with Crippen molar-refractivity contribution in [3.8, 4) is 11.5 Å². The number of aliphatic hydroxyl groups excluding tert-OH is 2. The van der Waals surface area contributed by atoms with Gasteiger partial charge in [-0.3, -0.25) is 14.4 Å². The number of fused-ring (bicyclic) bond motifs is 4. The maximum atomic E-state index is 13.6. The van der Waals surface area contributed by atoms with Crippen molar-refractivity contribution in [2.75, 3.05) is 0 Å². The fourth-order valence-corrected chi connectivity index (χ4v) is 5.65. The van der Waals surface area contributed by atoms with Crippen LogP contribution in [0.5, 0.6) is 11.5 Å². The van der Waals surface area contributed by atoms with E-state index in [1.165, 1.54) is 13.8 Å². The zero-order chi connectivity index (χ0) is 24.1. The number of aliphatic hydroxyl groups is 3. The van der Waals surface area contributed by atoms with Crippen molar-refractivity contribution in [3.63, 3.8) is 0 Å². The lowest BCUT2D eigenvalue weighted by atomic mass is 9.63. The van der Waals surface area contributed by atoms with E-state index in [0.29, 0.717) is 0 Å². The molecule has 3 heterocycles. The maximum Gasteiger partial charge on any atom is 0.306 e. The van der Waals surface area contributed by atoms with Crippen molar-refractivity contribution < 1.29 is 54.5 Å². The standard InChI is InChI=1S/C22H22O11/c1-5-11-13(17(26)8(32-5)4-10(24)25)20(29)14-15(18(11)27)21(30)16-12(19(14)28)7-3-9(23)22(16,31)6(2)33-7/h5-9,17,23,26-27,29,31H,3-4H2,1-2H3,(H,24,25)/t5-,6+,7+,8-,9+,17+,22+/m0/s1. The van der Waals surface area contributed by atoms with Crippen molar-refractivity contribution >= 4 is 17.5 Å². The molecule has 0 aromatic heterocycles. The van der Waals surface area contributed by atoms with Gasteiger partial charge in [0.05, 0.1) is 48.1 Å². The number of rotatable bonds is 2. The van der Waals surface area contributed by atoms with E-state index >= 15 is 0 Å². The van der Waals surface area contributed by atoms with E-state index in [1.54, 1.807) is 0 Å². The van der Waals surface area contributed by atoms with Gasteiger partial charge in [0.25, 0.3) is 0 Å². The van der Waals surface area contributed by atoms with Crippen LogP contribution in [0.1, 0.15) is 70.7 Å². The zero-order valence-electron chi connectivity index (χ0n) is 17.6. The number of carbonyl (C=O) groups is 3. The average molecular weight is 462 g/mol. The number of aliphatic carboxylic acids is 1. The molecule has 11 nitrogen and oxygen atoms in total. The first-order valence-electron chi connectivity index (χ1n) is 10.5. The molecule has 5 aliphatic rings. The number of hydrogen-bond acceptors (Lipinski definition) is 10. The normalized spacial score (nSPS) is 37.0. The highest BCUT2D eigenvalue weighted by Gasteiger charge is 2.62. The summed E-state index contributed by atoms with van der Waals surface area (Å²) in [6.45, 7) is 2.88. The first kappa shape index (κ1) is 22.0. The van der Waals surface area contributed by atoms with Crippen LogP contribution in [0.25, 0.3) is 0 Å². The summed E-state index contributed by atoms with van der Waals surface area (Å²) < 4.78 is 11.1. The molecule has 6 rings (SSSR count). The molecule has 7 atom stereocenters. The van der Waals surface area contributed by atoms with Crippen LogP contribution in [0.2, 0.25) is 0 Å². The van der Waals surface area contributed by atoms with Crippen molar-refractivity contribution in [2.45, 2.75) is 68.9 Å². The predicted octanol–water partition coefficient (Wildman–Crippen LogP) is 0.0243. The van der Waals surface area contributed by atoms with Gasteiger partial charge in [-0.1, -0.05) is 0 Å². The quantitative estimate of drug-likeness (QED) is 0.325. The minimum Gasteiger partial charge on any atom is -0.507 e. The van der Waals surface area contributed by atoms with Gasteiger partial charge in [-0.25, -0.2) is 0 Å². The van der Waals surface area contributed by atoms with Gasteiger partial charge in [0, 0.05) is 28.7 Å². The SMILES string of the molecule is C[C@@H]1O[C@@H](CC(=O)O)[C@@H](O)c2c(O)c3c(c(O)c21)C(=O)C1=C(C3=O)[C@H]2C[C@@H](O)[C@]1(O)[C@@H](C)O2. The van der Waals surface area contributed by atoms with Gasteiger partial charge in [0.15, 0.2) is 11.6 Å². The van der Waals surface area contributed by atoms with Gasteiger partial charge in [0.2, 0.25) is 0 Å². The van der Waals surface area contributed by atoms with Crippen molar-refractivity contribution in [1.29, 1.82) is 0 Å². The van der Waals surface area contributed by atoms with Crippen LogP contribution in [0.4, 0.5) is 0 Å². The van der Waals surface area contributed by atoms with E-state index in [9.17, 15) is 39.9 Å². The molecular weight excluding hydrogens is 440 g/mol. The Morgan fingerprint density at radius 1 is 1.03 bits per heavy atom. The monoisotopic (exact) mass is 462 g/mol. The Balaban J connectivity index is 1.76. The molecule has 2 bridgehead atoms. The molecule has 0 saturated carbocycles. The smallest absolute Gasteiger partial charge is 0.306 e. The molecule has 2 aliphatic carbocycles. The Morgan fingerprint density at radius 3 is 2.24 bits per heavy atom. The third-order valence-corrected chi connectivity index (χ3v) is 7.18. The summed E-state index contributed by atoms with van der Waals surface area (Å²) in [5.74, 6) is -4.61. The molecule has 6 N–H and O–H groups in total. The minimum atomic E-state index is -2.19. The molecule has 0 unspecified atom stereocenters. The number of hydrogen-bond donors (Lipinski definition) is 6. The number of carboxylic acid groups (broad SMARTS) is 1. The number of carboxylic acids is 1. The second-order valence-electron chi connectivity index (χ2n) is 8.92. The minimum absolute atomic E-state index is 0.153. The Kier molecular flexibility index (Phi) is 4.56. The fourth-order valence-electron chi connectivity index (χ4n) is 5.65. The number of carbonyl (C=O) groups excluding carboxylic acids is 2. The van der Waals surface area contributed by atoms with E-state index in [2.05, 4.69) is 0 Å². The van der Waals surface area contributed by atoms with Crippen LogP contribution in [0.15, 0.2) is 11.1 Å². The number of phenols is 2. The number of benzene rings is 1. The molecule has 11 heteroatoms. The van der Waals surface area contributed by atoms with Crippen molar-refractivity contribution in [3.05, 3.63) is 33.4 Å². The van der Waals surface area contributed by atoms with Crippen molar-refractivity contribution in [2.24, 2.45) is 0 Å². The topological polar surface area (TPSA) is 191 Å². The molecule has 33 heavy (non-hydrogen) atoms. The molecule has 1 aromatic carbocycles. The molecule has 0 radical (unpaired) electrons. The van der Waals surface area contributed by atoms with E-state index in [0.717, 1.165) is 0 Å². The Labute approximate surface area is 186 Å². The van der Waals surface area contributed by atoms with Gasteiger partial charge < -0.3 is 40.1 Å². The van der Waals surface area contributed by atoms with E-state index in [1.807, 2.05) is 0 Å². The molecule has 3 aliphatic heterocycles. The molecule has 1 aromatic rings. The third-order valence-electron chi connectivity index (χ3n) is 7.18. The first-order valence-corrected chi connectivity index (χ1v) is 10.5. The number of ketones is 2. The summed E-state index contributed by atoms with van der Waals surface area (Å²) in [5.41, 5.74) is -4.40. The second-order valence-corrected chi connectivity index (χ2v) is 8.92. The van der Waals surface area contributed by atoms with Gasteiger partial charge in [0.1, 0.15) is 23.2 Å². The number of ether oxygens (including phenoxy) is 2. The molecule has 176 valence electrons. The van der Waals surface area contributed by atoms with Crippen LogP contribution < -0.4 is 0 Å². The molecule has 0 amide bonds. The van der Waals surface area contributed by atoms with Gasteiger partial charge >= 0.3 is 5.97 Å². The van der Waals surface area contributed by atoms with Crippen molar-refractivity contribution in [1.82, 2.24) is 0 Å². The summed E-state index contributed by atoms with van der Waals surface area (Å²) >= 11 is 0. The Morgan fingerprint density at radius 2 is 1.64 bits per heavy atom. The lowest BCUT2D eigenvalue weighted by molar-refractivity contribution is -0.207. The molecule has 0 spiro atoms. The highest BCUT2D eigenvalue weighted by atomic mass is 16.5. The summed E-state index contributed by atoms with van der Waals surface area (Å²) in [7, 11) is 0. The van der Waals surface area contributed by atoms with E-state index < -0.39 is 88.8 Å². The lowest BCUT2D eigenvalue weighted by Crippen LogP contribution is -2.66. The molecular formula is C22H22O11. The average Bonchev–Trinajstić information content (AvgIpc) is 2.72. The van der Waals surface area contributed by atoms with E-state index in [4.69, 9.17) is 14.6 Å². The Bertz CT molecular complexity index is 1150. The third kappa shape index (κ3) is 2.59. The highest BCUT2D eigenvalue weighted by Crippen LogP contribution is 2.55. The molecule has 1 fully saturated rings. The van der Waals surface area contributed by atoms with Gasteiger partial charge in [-0.15, -0.1) is 0 Å². The second kappa shape index (κ2) is 6.84. The maximum absolute atomic E-state index is 13.6.